The average molecular weight is 319 g/mol. The summed E-state index contributed by atoms with van der Waals surface area (Å²) in [6, 6.07) is 7.62. The zero-order chi connectivity index (χ0) is 17.4. The van der Waals surface area contributed by atoms with Gasteiger partial charge in [0, 0.05) is 11.5 Å². The van der Waals surface area contributed by atoms with Crippen LogP contribution < -0.4 is 10.2 Å². The van der Waals surface area contributed by atoms with Crippen molar-refractivity contribution in [2.45, 2.75) is 12.8 Å². The number of likely N-dealkylation sites (tertiary alicyclic amines) is 1. The molecule has 7 heteroatoms. The van der Waals surface area contributed by atoms with Crippen LogP contribution in [0.4, 0.5) is 5.69 Å². The lowest BCUT2D eigenvalue weighted by molar-refractivity contribution is -0.345. The van der Waals surface area contributed by atoms with E-state index in [4.69, 9.17) is 19.8 Å². The Labute approximate surface area is 134 Å². The second kappa shape index (κ2) is 8.89. The van der Waals surface area contributed by atoms with Crippen LogP contribution >= 0.6 is 0 Å². The highest BCUT2D eigenvalue weighted by atomic mass is 16.4. The minimum Gasteiger partial charge on any atom is -0.687 e. The highest BCUT2D eigenvalue weighted by Crippen LogP contribution is 2.24. The van der Waals surface area contributed by atoms with E-state index in [0.29, 0.717) is 0 Å². The third kappa shape index (κ3) is 6.07. The SMILES string of the molecule is C[N-]c1cccc(C(=O)C2CCN(C)CC2)c1.O=C([O-])C(=O)[O-]. The quantitative estimate of drug-likeness (QED) is 0.539. The molecule has 0 aromatic heterocycles. The number of piperidine rings is 1. The molecule has 0 radical (unpaired) electrons. The smallest absolute Gasteiger partial charge is 0.165 e. The molecule has 0 bridgehead atoms. The Morgan fingerprint density at radius 2 is 1.70 bits per heavy atom. The van der Waals surface area contributed by atoms with Gasteiger partial charge in [-0.2, -0.15) is 0 Å². The predicted octanol–water partition coefficient (Wildman–Crippen LogP) is -0.668. The topological polar surface area (TPSA) is 115 Å². The molecule has 0 aliphatic carbocycles. The van der Waals surface area contributed by atoms with E-state index in [1.165, 1.54) is 0 Å². The summed E-state index contributed by atoms with van der Waals surface area (Å²) in [7, 11) is 3.86. The summed E-state index contributed by atoms with van der Waals surface area (Å²) in [5.74, 6) is -3.90. The lowest BCUT2D eigenvalue weighted by atomic mass is 9.89. The third-order valence-corrected chi connectivity index (χ3v) is 3.64. The molecule has 0 spiro atoms. The van der Waals surface area contributed by atoms with Crippen LogP contribution in [0.3, 0.4) is 0 Å². The van der Waals surface area contributed by atoms with Gasteiger partial charge < -0.3 is 30.0 Å². The Morgan fingerprint density at radius 3 is 2.17 bits per heavy atom. The van der Waals surface area contributed by atoms with E-state index in [1.54, 1.807) is 7.05 Å². The molecule has 0 atom stereocenters. The predicted molar refractivity (Wildman–Crippen MR) is 80.0 cm³/mol. The molecule has 1 aliphatic rings. The van der Waals surface area contributed by atoms with Gasteiger partial charge in [0.25, 0.3) is 0 Å². The van der Waals surface area contributed by atoms with Crippen LogP contribution in [0.25, 0.3) is 5.32 Å². The van der Waals surface area contributed by atoms with E-state index < -0.39 is 11.9 Å². The summed E-state index contributed by atoms with van der Waals surface area (Å²) in [6.07, 6.45) is 1.95. The fourth-order valence-electron chi connectivity index (χ4n) is 2.30. The molecule has 1 aromatic carbocycles. The molecule has 7 nitrogen and oxygen atoms in total. The minimum atomic E-state index is -2.19. The number of Topliss-reactive ketones (excluding diaryl/α,β-unsaturated/α-hetero) is 1. The van der Waals surface area contributed by atoms with Gasteiger partial charge in [-0.05, 0) is 33.0 Å². The second-order valence-corrected chi connectivity index (χ2v) is 5.29. The molecule has 1 aromatic rings. The number of ketones is 1. The van der Waals surface area contributed by atoms with Gasteiger partial charge in [-0.25, -0.2) is 0 Å². The first-order valence-electron chi connectivity index (χ1n) is 7.20. The van der Waals surface area contributed by atoms with Crippen molar-refractivity contribution in [2.24, 2.45) is 5.92 Å². The molecule has 0 unspecified atom stereocenters. The standard InChI is InChI=1S/C14H19N2O.C2H2O4/c1-15-13-5-3-4-12(10-13)14(17)11-6-8-16(2)9-7-11;3-1(4)2(5)6/h3-5,10-11H,6-9H2,1-2H3;(H,3,4)(H,5,6)/q-1;/p-2. The van der Waals surface area contributed by atoms with E-state index in [1.807, 2.05) is 24.3 Å². The highest BCUT2D eigenvalue weighted by molar-refractivity contribution is 6.25. The zero-order valence-electron chi connectivity index (χ0n) is 13.2. The summed E-state index contributed by atoms with van der Waals surface area (Å²) in [4.78, 5) is 32.4. The Balaban J connectivity index is 0.000000379. The molecule has 126 valence electrons. The lowest BCUT2D eigenvalue weighted by Gasteiger charge is -2.28. The van der Waals surface area contributed by atoms with Gasteiger partial charge in [-0.3, -0.25) is 4.79 Å². The van der Waals surface area contributed by atoms with Crippen LogP contribution in [-0.2, 0) is 9.59 Å². The Morgan fingerprint density at radius 1 is 1.13 bits per heavy atom. The van der Waals surface area contributed by atoms with Crippen molar-refractivity contribution >= 4 is 23.4 Å². The fourth-order valence-corrected chi connectivity index (χ4v) is 2.30. The van der Waals surface area contributed by atoms with Crippen molar-refractivity contribution in [2.75, 3.05) is 27.2 Å². The minimum absolute atomic E-state index is 0.193. The van der Waals surface area contributed by atoms with Crippen LogP contribution in [0.5, 0.6) is 0 Å². The number of nitrogens with zero attached hydrogens (tertiary/aromatic N) is 2. The maximum absolute atomic E-state index is 12.3. The van der Waals surface area contributed by atoms with Crippen molar-refractivity contribution in [3.63, 3.8) is 0 Å². The average Bonchev–Trinajstić information content (AvgIpc) is 2.55. The second-order valence-electron chi connectivity index (χ2n) is 5.29. The molecule has 0 saturated carbocycles. The van der Waals surface area contributed by atoms with Crippen LogP contribution in [0.1, 0.15) is 23.2 Å². The summed E-state index contributed by atoms with van der Waals surface area (Å²) in [6.45, 7) is 2.04. The number of carbonyl (C=O) groups excluding carboxylic acids is 3. The molecule has 23 heavy (non-hydrogen) atoms. The van der Waals surface area contributed by atoms with Crippen molar-refractivity contribution in [1.82, 2.24) is 4.90 Å². The van der Waals surface area contributed by atoms with Crippen LogP contribution in [0.15, 0.2) is 24.3 Å². The van der Waals surface area contributed by atoms with Crippen LogP contribution in [-0.4, -0.2) is 49.8 Å². The number of hydrogen-bond donors (Lipinski definition) is 0. The van der Waals surface area contributed by atoms with Crippen molar-refractivity contribution in [3.8, 4) is 0 Å². The molecule has 2 rings (SSSR count). The normalized spacial score (nSPS) is 15.2. The first kappa shape index (κ1) is 18.6. The summed E-state index contributed by atoms with van der Waals surface area (Å²) in [5.41, 5.74) is 1.69. The third-order valence-electron chi connectivity index (χ3n) is 3.64. The maximum Gasteiger partial charge on any atom is 0.165 e. The largest absolute Gasteiger partial charge is 0.687 e. The van der Waals surface area contributed by atoms with Gasteiger partial charge in [-0.15, -0.1) is 12.7 Å². The van der Waals surface area contributed by atoms with Gasteiger partial charge >= 0.3 is 0 Å². The molecule has 0 amide bonds. The number of benzene rings is 1. The van der Waals surface area contributed by atoms with Crippen LogP contribution in [0, 0.1) is 5.92 Å². The molecular weight excluding hydrogens is 300 g/mol. The van der Waals surface area contributed by atoms with E-state index >= 15 is 0 Å². The number of carboxylic acid groups (broad SMARTS) is 2. The molecule has 1 heterocycles. The van der Waals surface area contributed by atoms with Gasteiger partial charge in [0.2, 0.25) is 0 Å². The monoisotopic (exact) mass is 319 g/mol. The zero-order valence-corrected chi connectivity index (χ0v) is 13.2. The van der Waals surface area contributed by atoms with E-state index in [-0.39, 0.29) is 11.7 Å². The van der Waals surface area contributed by atoms with Gasteiger partial charge in [0.15, 0.2) is 5.78 Å². The highest BCUT2D eigenvalue weighted by Gasteiger charge is 2.23. The number of carbonyl (C=O) groups is 3. The van der Waals surface area contributed by atoms with Gasteiger partial charge in [0.05, 0.1) is 11.9 Å². The van der Waals surface area contributed by atoms with E-state index in [0.717, 1.165) is 37.2 Å². The van der Waals surface area contributed by atoms with E-state index in [2.05, 4.69) is 17.3 Å². The molecule has 1 aliphatic heterocycles. The number of hydrogen-bond acceptors (Lipinski definition) is 6. The summed E-state index contributed by atoms with van der Waals surface area (Å²) in [5, 5.41) is 22.0. The maximum atomic E-state index is 12.3. The Kier molecular flexibility index (Phi) is 7.21. The molecular formula is C16H19N2O5-3. The summed E-state index contributed by atoms with van der Waals surface area (Å²) >= 11 is 0. The van der Waals surface area contributed by atoms with Crippen molar-refractivity contribution in [1.29, 1.82) is 0 Å². The van der Waals surface area contributed by atoms with Gasteiger partial charge in [0.1, 0.15) is 0 Å². The molecule has 0 N–H and O–H groups in total. The summed E-state index contributed by atoms with van der Waals surface area (Å²) < 4.78 is 0. The fraction of sp³-hybridized carbons (Fsp3) is 0.438. The Bertz CT molecular complexity index is 553. The van der Waals surface area contributed by atoms with Crippen molar-refractivity contribution in [3.05, 3.63) is 35.1 Å². The van der Waals surface area contributed by atoms with Crippen molar-refractivity contribution < 1.29 is 24.6 Å². The molecule has 1 saturated heterocycles. The van der Waals surface area contributed by atoms with Gasteiger partial charge in [-0.1, -0.05) is 24.3 Å². The lowest BCUT2D eigenvalue weighted by Crippen LogP contribution is -2.42. The Hall–Kier alpha value is -2.41. The number of aliphatic carboxylic acids is 2. The molecule has 1 fully saturated rings. The van der Waals surface area contributed by atoms with Crippen LogP contribution in [0.2, 0.25) is 0 Å². The van der Waals surface area contributed by atoms with E-state index in [9.17, 15) is 4.79 Å². The number of rotatable bonds is 3. The first-order chi connectivity index (χ1) is 10.8. The first-order valence-corrected chi connectivity index (χ1v) is 7.20. The number of carboxylic acids is 2.